The van der Waals surface area contributed by atoms with Crippen LogP contribution in [0.4, 0.5) is 0 Å². The monoisotopic (exact) mass is 105 g/mol. The van der Waals surface area contributed by atoms with Gasteiger partial charge in [-0.3, -0.25) is 0 Å². The van der Waals surface area contributed by atoms with Crippen molar-refractivity contribution >= 4 is 11.8 Å². The standard InChI is InChI=1S/C4H8ClN/c1-4-2-3-6(4)5/h4H,2-3H2,1H3/t4-/m0/s1. The van der Waals surface area contributed by atoms with E-state index in [1.54, 1.807) is 0 Å². The molecule has 36 valence electrons. The van der Waals surface area contributed by atoms with E-state index in [9.17, 15) is 0 Å². The van der Waals surface area contributed by atoms with E-state index in [0.29, 0.717) is 6.04 Å². The molecule has 1 saturated heterocycles. The Labute approximate surface area is 43.0 Å². The smallest absolute Gasteiger partial charge is 0.0236 e. The van der Waals surface area contributed by atoms with Gasteiger partial charge in [0.25, 0.3) is 0 Å². The van der Waals surface area contributed by atoms with Gasteiger partial charge < -0.3 is 0 Å². The molecule has 1 fully saturated rings. The van der Waals surface area contributed by atoms with Gasteiger partial charge in [-0.15, -0.1) is 0 Å². The van der Waals surface area contributed by atoms with Crippen molar-refractivity contribution in [3.8, 4) is 0 Å². The Hall–Kier alpha value is 0.250. The topological polar surface area (TPSA) is 3.24 Å². The quantitative estimate of drug-likeness (QED) is 0.419. The molecule has 1 heterocycles. The summed E-state index contributed by atoms with van der Waals surface area (Å²) in [5, 5.41) is 0. The summed E-state index contributed by atoms with van der Waals surface area (Å²) in [5.41, 5.74) is 0. The average molecular weight is 106 g/mol. The van der Waals surface area contributed by atoms with Gasteiger partial charge in [0, 0.05) is 12.6 Å². The Morgan fingerprint density at radius 1 is 1.83 bits per heavy atom. The highest BCUT2D eigenvalue weighted by molar-refractivity contribution is 6.13. The van der Waals surface area contributed by atoms with Crippen LogP contribution in [0.1, 0.15) is 13.3 Å². The van der Waals surface area contributed by atoms with Crippen molar-refractivity contribution in [3.05, 3.63) is 0 Å². The molecule has 1 rings (SSSR count). The van der Waals surface area contributed by atoms with Gasteiger partial charge in [-0.05, 0) is 25.1 Å². The van der Waals surface area contributed by atoms with Crippen LogP contribution in [0.2, 0.25) is 0 Å². The maximum absolute atomic E-state index is 5.53. The van der Waals surface area contributed by atoms with Crippen LogP contribution in [-0.4, -0.2) is 17.0 Å². The number of hydrogen-bond donors (Lipinski definition) is 0. The number of nitrogens with zero attached hydrogens (tertiary/aromatic N) is 1. The zero-order valence-electron chi connectivity index (χ0n) is 3.82. The minimum atomic E-state index is 0.631. The van der Waals surface area contributed by atoms with Crippen LogP contribution >= 0.6 is 11.8 Å². The van der Waals surface area contributed by atoms with Gasteiger partial charge in [0.2, 0.25) is 0 Å². The summed E-state index contributed by atoms with van der Waals surface area (Å²) in [7, 11) is 0. The molecule has 0 spiro atoms. The Morgan fingerprint density at radius 3 is 2.33 bits per heavy atom. The summed E-state index contributed by atoms with van der Waals surface area (Å²) in [5.74, 6) is 0. The predicted octanol–water partition coefficient (Wildman–Crippen LogP) is 1.23. The minimum Gasteiger partial charge on any atom is -0.217 e. The molecule has 2 heteroatoms. The van der Waals surface area contributed by atoms with Crippen LogP contribution in [0, 0.1) is 0 Å². The number of halogens is 1. The summed E-state index contributed by atoms with van der Waals surface area (Å²) < 4.78 is 1.82. The maximum Gasteiger partial charge on any atom is 0.0236 e. The van der Waals surface area contributed by atoms with Crippen LogP contribution in [0.5, 0.6) is 0 Å². The maximum atomic E-state index is 5.53. The van der Waals surface area contributed by atoms with Crippen LogP contribution in [0.3, 0.4) is 0 Å². The van der Waals surface area contributed by atoms with E-state index in [0.717, 1.165) is 6.54 Å². The van der Waals surface area contributed by atoms with Crippen molar-refractivity contribution < 1.29 is 0 Å². The molecule has 6 heavy (non-hydrogen) atoms. The van der Waals surface area contributed by atoms with E-state index in [2.05, 4.69) is 6.92 Å². The van der Waals surface area contributed by atoms with Gasteiger partial charge in [-0.1, -0.05) is 0 Å². The Bertz CT molecular complexity index is 47.5. The van der Waals surface area contributed by atoms with Gasteiger partial charge >= 0.3 is 0 Å². The first-order valence-corrected chi connectivity index (χ1v) is 2.57. The summed E-state index contributed by atoms with van der Waals surface area (Å²) in [6.45, 7) is 3.19. The van der Waals surface area contributed by atoms with E-state index in [-0.39, 0.29) is 0 Å². The van der Waals surface area contributed by atoms with E-state index < -0.39 is 0 Å². The van der Waals surface area contributed by atoms with Crippen molar-refractivity contribution in [1.29, 1.82) is 0 Å². The molecular formula is C4H8ClN. The lowest BCUT2D eigenvalue weighted by Crippen LogP contribution is -2.37. The average Bonchev–Trinajstić information content (AvgIpc) is 1.61. The normalized spacial score (nSPS) is 36.0. The molecular weight excluding hydrogens is 97.5 g/mol. The second kappa shape index (κ2) is 1.39. The molecule has 0 bridgehead atoms. The zero-order chi connectivity index (χ0) is 4.57. The molecule has 0 radical (unpaired) electrons. The van der Waals surface area contributed by atoms with Gasteiger partial charge in [0.05, 0.1) is 0 Å². The molecule has 1 atom stereocenters. The summed E-state index contributed by atoms with van der Waals surface area (Å²) in [6, 6.07) is 0.631. The molecule has 0 N–H and O–H groups in total. The first-order chi connectivity index (χ1) is 2.80. The second-order valence-corrected chi connectivity index (χ2v) is 2.20. The lowest BCUT2D eigenvalue weighted by atomic mass is 10.1. The van der Waals surface area contributed by atoms with E-state index in [1.165, 1.54) is 6.42 Å². The molecule has 0 amide bonds. The summed E-state index contributed by atoms with van der Waals surface area (Å²) in [6.07, 6.45) is 1.27. The van der Waals surface area contributed by atoms with Crippen molar-refractivity contribution in [2.75, 3.05) is 6.54 Å². The van der Waals surface area contributed by atoms with Crippen molar-refractivity contribution in [2.24, 2.45) is 0 Å². The molecule has 1 nitrogen and oxygen atoms in total. The molecule has 0 unspecified atom stereocenters. The highest BCUT2D eigenvalue weighted by atomic mass is 35.5. The van der Waals surface area contributed by atoms with Gasteiger partial charge in [0.15, 0.2) is 0 Å². The zero-order valence-corrected chi connectivity index (χ0v) is 4.57. The Kier molecular flexibility index (Phi) is 1.02. The van der Waals surface area contributed by atoms with Crippen LogP contribution in [-0.2, 0) is 0 Å². The van der Waals surface area contributed by atoms with Crippen LogP contribution in [0.15, 0.2) is 0 Å². The molecule has 0 aromatic heterocycles. The summed E-state index contributed by atoms with van der Waals surface area (Å²) in [4.78, 5) is 0. The Morgan fingerprint density at radius 2 is 2.33 bits per heavy atom. The lowest BCUT2D eigenvalue weighted by Gasteiger charge is -2.31. The van der Waals surface area contributed by atoms with Crippen LogP contribution < -0.4 is 0 Å². The first-order valence-electron chi connectivity index (χ1n) is 2.23. The second-order valence-electron chi connectivity index (χ2n) is 1.76. The SMILES string of the molecule is C[C@H]1CCN1Cl. The predicted molar refractivity (Wildman–Crippen MR) is 26.6 cm³/mol. The molecule has 1 aliphatic heterocycles. The third-order valence-corrected chi connectivity index (χ3v) is 1.74. The van der Waals surface area contributed by atoms with Crippen molar-refractivity contribution in [1.82, 2.24) is 4.42 Å². The fraction of sp³-hybridized carbons (Fsp3) is 1.00. The molecule has 0 saturated carbocycles. The summed E-state index contributed by atoms with van der Waals surface area (Å²) >= 11 is 5.53. The molecule has 0 aliphatic carbocycles. The van der Waals surface area contributed by atoms with Gasteiger partial charge in [-0.25, -0.2) is 4.42 Å². The largest absolute Gasteiger partial charge is 0.217 e. The fourth-order valence-electron chi connectivity index (χ4n) is 0.485. The van der Waals surface area contributed by atoms with Gasteiger partial charge in [0.1, 0.15) is 0 Å². The van der Waals surface area contributed by atoms with Crippen LogP contribution in [0.25, 0.3) is 0 Å². The van der Waals surface area contributed by atoms with E-state index in [4.69, 9.17) is 11.8 Å². The van der Waals surface area contributed by atoms with Crippen molar-refractivity contribution in [2.45, 2.75) is 19.4 Å². The van der Waals surface area contributed by atoms with Gasteiger partial charge in [-0.2, -0.15) is 0 Å². The van der Waals surface area contributed by atoms with E-state index in [1.807, 2.05) is 4.42 Å². The molecule has 1 aliphatic rings. The molecule has 0 aromatic carbocycles. The fourth-order valence-corrected chi connectivity index (χ4v) is 0.680. The highest BCUT2D eigenvalue weighted by Crippen LogP contribution is 2.17. The Balaban J connectivity index is 2.20. The van der Waals surface area contributed by atoms with E-state index >= 15 is 0 Å². The highest BCUT2D eigenvalue weighted by Gasteiger charge is 2.20. The third kappa shape index (κ3) is 0.525. The lowest BCUT2D eigenvalue weighted by molar-refractivity contribution is 0.228. The first kappa shape index (κ1) is 4.41. The van der Waals surface area contributed by atoms with Crippen molar-refractivity contribution in [3.63, 3.8) is 0 Å². The minimum absolute atomic E-state index is 0.631. The third-order valence-electron chi connectivity index (χ3n) is 1.24. The molecule has 0 aromatic rings. The number of hydrogen-bond acceptors (Lipinski definition) is 1. The number of rotatable bonds is 0.